The van der Waals surface area contributed by atoms with Crippen molar-refractivity contribution < 1.29 is 73.4 Å². The van der Waals surface area contributed by atoms with E-state index in [0.29, 0.717) is 12.1 Å². The lowest BCUT2D eigenvalue weighted by Gasteiger charge is -2.26. The van der Waals surface area contributed by atoms with Crippen LogP contribution in [0.4, 0.5) is 34.6 Å². The summed E-state index contributed by atoms with van der Waals surface area (Å²) in [5, 5.41) is 36.8. The highest BCUT2D eigenvalue weighted by molar-refractivity contribution is 7.87. The molecule has 0 fully saturated rings. The van der Waals surface area contributed by atoms with Crippen LogP contribution < -0.4 is 21.5 Å². The summed E-state index contributed by atoms with van der Waals surface area (Å²) in [5.41, 5.74) is -5.00. The molecular formula is C41H27N7O17S3. The molecule has 0 radical (unpaired) electrons. The molecule has 1 aliphatic rings. The molecule has 0 aliphatic heterocycles. The predicted octanol–water partition coefficient (Wildman–Crippen LogP) is 4.24. The van der Waals surface area contributed by atoms with E-state index in [1.165, 1.54) is 49.5 Å². The highest BCUT2D eigenvalue weighted by atomic mass is 32.2. The maximum atomic E-state index is 14.6. The molecule has 1 aliphatic carbocycles. The maximum Gasteiger partial charge on any atom is 0.335 e. The van der Waals surface area contributed by atoms with Gasteiger partial charge in [-0.15, -0.1) is 0 Å². The van der Waals surface area contributed by atoms with Crippen LogP contribution in [-0.2, 0) is 37.4 Å². The fourth-order valence-electron chi connectivity index (χ4n) is 7.43. The Morgan fingerprint density at radius 2 is 1.18 bits per heavy atom. The summed E-state index contributed by atoms with van der Waals surface area (Å²) in [4.78, 5) is 74.5. The number of carboxylic acid groups (broad SMARTS) is 2. The summed E-state index contributed by atoms with van der Waals surface area (Å²) < 4.78 is 107. The van der Waals surface area contributed by atoms with E-state index < -0.39 is 120 Å². The Balaban J connectivity index is 1.31. The van der Waals surface area contributed by atoms with Gasteiger partial charge < -0.3 is 35.8 Å². The number of pyridine rings is 1. The van der Waals surface area contributed by atoms with Crippen molar-refractivity contribution in [2.75, 3.05) is 16.0 Å². The number of ketones is 2. The lowest BCUT2D eigenvalue weighted by Crippen LogP contribution is -2.29. The molecule has 346 valence electrons. The van der Waals surface area contributed by atoms with Crippen molar-refractivity contribution >= 4 is 99.4 Å². The molecule has 2 aromatic heterocycles. The van der Waals surface area contributed by atoms with E-state index in [1.807, 2.05) is 0 Å². The highest BCUT2D eigenvalue weighted by Gasteiger charge is 2.35. The van der Waals surface area contributed by atoms with Gasteiger partial charge in [-0.3, -0.25) is 28.0 Å². The van der Waals surface area contributed by atoms with Crippen LogP contribution in [0.3, 0.4) is 0 Å². The zero-order chi connectivity index (χ0) is 49.4. The molecule has 0 saturated heterocycles. The molecule has 0 spiro atoms. The second-order valence-electron chi connectivity index (χ2n) is 14.6. The second-order valence-corrected chi connectivity index (χ2v) is 18.8. The predicted molar refractivity (Wildman–Crippen MR) is 236 cm³/mol. The number of benzene rings is 5. The number of carbonyl (C=O) groups excluding carboxylic acids is 2. The Labute approximate surface area is 380 Å². The Hall–Kier alpha value is -8.47. The molecule has 0 amide bonds. The minimum Gasteiger partial charge on any atom is -0.479 e. The first kappa shape index (κ1) is 46.1. The molecule has 7 aromatic rings. The third-order valence-corrected chi connectivity index (χ3v) is 12.9. The number of aromatic carboxylic acids is 2. The molecule has 0 saturated carbocycles. The molecule has 2 heterocycles. The normalized spacial score (nSPS) is 12.3. The minimum atomic E-state index is -5.46. The topological polar surface area (TPSA) is 389 Å². The Morgan fingerprint density at radius 3 is 1.76 bits per heavy atom. The van der Waals surface area contributed by atoms with Crippen LogP contribution in [0.15, 0.2) is 110 Å². The number of hydrogen-bond donors (Lipinski definition) is 9. The van der Waals surface area contributed by atoms with Gasteiger partial charge in [-0.25, -0.2) is 9.59 Å². The maximum absolute atomic E-state index is 14.6. The number of fused-ring (bicyclic) bond motifs is 2. The first-order chi connectivity index (χ1) is 31.8. The summed E-state index contributed by atoms with van der Waals surface area (Å²) in [7, 11) is -14.5. The monoisotopic (exact) mass is 985 g/mol. The summed E-state index contributed by atoms with van der Waals surface area (Å²) in [6.07, 6.45) is 0. The van der Waals surface area contributed by atoms with Crippen LogP contribution in [0, 0.1) is 0 Å². The molecular weight excluding hydrogens is 959 g/mol. The molecule has 8 rings (SSSR count). The van der Waals surface area contributed by atoms with Crippen molar-refractivity contribution in [1.29, 1.82) is 0 Å². The van der Waals surface area contributed by atoms with Gasteiger partial charge in [0.1, 0.15) is 9.79 Å². The van der Waals surface area contributed by atoms with Crippen molar-refractivity contribution in [3.63, 3.8) is 0 Å². The quantitative estimate of drug-likeness (QED) is 0.0576. The van der Waals surface area contributed by atoms with Crippen molar-refractivity contribution in [2.24, 2.45) is 7.05 Å². The van der Waals surface area contributed by atoms with Crippen LogP contribution in [-0.4, -0.2) is 97.3 Å². The number of rotatable bonds is 13. The van der Waals surface area contributed by atoms with Gasteiger partial charge in [-0.1, -0.05) is 36.4 Å². The average molecular weight is 986 g/mol. The van der Waals surface area contributed by atoms with Crippen molar-refractivity contribution in [2.45, 2.75) is 14.7 Å². The summed E-state index contributed by atoms with van der Waals surface area (Å²) in [5.74, 6) is -6.12. The fraction of sp³-hybridized carbons (Fsp3) is 0.0244. The number of aryl methyl sites for hydroxylation is 1. The van der Waals surface area contributed by atoms with Gasteiger partial charge in [0.25, 0.3) is 35.9 Å². The summed E-state index contributed by atoms with van der Waals surface area (Å²) in [6.45, 7) is 0. The molecule has 9 N–H and O–H groups in total. The van der Waals surface area contributed by atoms with Crippen LogP contribution in [0.5, 0.6) is 6.01 Å². The van der Waals surface area contributed by atoms with Crippen molar-refractivity contribution in [1.82, 2.24) is 19.5 Å². The van der Waals surface area contributed by atoms with Gasteiger partial charge in [0.15, 0.2) is 11.6 Å². The molecule has 0 bridgehead atoms. The van der Waals surface area contributed by atoms with Gasteiger partial charge >= 0.3 is 17.9 Å². The van der Waals surface area contributed by atoms with Crippen LogP contribution >= 0.6 is 0 Å². The second kappa shape index (κ2) is 16.4. The molecule has 24 nitrogen and oxygen atoms in total. The summed E-state index contributed by atoms with van der Waals surface area (Å²) in [6, 6.07) is 15.3. The van der Waals surface area contributed by atoms with E-state index in [-0.39, 0.29) is 50.1 Å². The number of nitrogens with zero attached hydrogens (tertiary/aromatic N) is 4. The SMILES string of the molecule is Cn1c(=O)c(C(=O)c2cccc(S(=O)(=O)O)c2)c2c3c(c(Nc4cc(Nc5nc(O)nc(Nc6cc(C(=O)O)cc(C(=O)O)c6)n5)c(S(=O)(=O)O)cc4S(=O)(=O)O)ccc31)C(=O)c1ccccc1-2. The lowest BCUT2D eigenvalue weighted by molar-refractivity contribution is 0.0696. The van der Waals surface area contributed by atoms with Gasteiger partial charge in [-0.05, 0) is 60.2 Å². The first-order valence-corrected chi connectivity index (χ1v) is 23.1. The van der Waals surface area contributed by atoms with Gasteiger partial charge in [0, 0.05) is 34.8 Å². The number of carboxylic acids is 2. The molecule has 68 heavy (non-hydrogen) atoms. The molecule has 5 aromatic carbocycles. The Kier molecular flexibility index (Phi) is 11.1. The number of nitrogens with one attached hydrogen (secondary N) is 3. The van der Waals surface area contributed by atoms with E-state index in [0.717, 1.165) is 41.0 Å². The number of anilines is 6. The van der Waals surface area contributed by atoms with Crippen LogP contribution in [0.25, 0.3) is 22.0 Å². The fourth-order valence-corrected chi connectivity index (χ4v) is 9.34. The highest BCUT2D eigenvalue weighted by Crippen LogP contribution is 2.45. The zero-order valence-corrected chi connectivity index (χ0v) is 36.3. The number of aromatic nitrogens is 4. The first-order valence-electron chi connectivity index (χ1n) is 18.8. The average Bonchev–Trinajstić information content (AvgIpc) is 3.25. The summed E-state index contributed by atoms with van der Waals surface area (Å²) >= 11 is 0. The van der Waals surface area contributed by atoms with E-state index in [9.17, 15) is 78.2 Å². The Bertz CT molecular complexity index is 3830. The van der Waals surface area contributed by atoms with Crippen LogP contribution in [0.2, 0.25) is 0 Å². The van der Waals surface area contributed by atoms with Crippen molar-refractivity contribution in [3.05, 3.63) is 135 Å². The van der Waals surface area contributed by atoms with Crippen LogP contribution in [0.1, 0.15) is 52.6 Å². The number of carbonyl (C=O) groups is 4. The van der Waals surface area contributed by atoms with Crippen molar-refractivity contribution in [3.8, 4) is 17.1 Å². The third kappa shape index (κ3) is 8.45. The van der Waals surface area contributed by atoms with Gasteiger partial charge in [-0.2, -0.15) is 40.2 Å². The lowest BCUT2D eigenvalue weighted by atomic mass is 9.80. The van der Waals surface area contributed by atoms with E-state index in [2.05, 4.69) is 30.9 Å². The standard InChI is InChI=1S/C41H27N7O17S3/c1-48-27-10-9-24(31-32(27)30(22-7-2-3-8-23(22)35(31)50)33(36(48)51)34(49)17-5-4-6-21(14-17)66(57,58)59)43-25-15-26(29(68(63,64)65)16-28(25)67(60,61)62)44-40-45-39(46-41(56)47-40)42-20-12-18(37(52)53)11-19(13-20)38(54)55/h2-16,43H,1H3,(H,52,53)(H,54,55)(H,57,58,59)(H,60,61,62)(H,63,64,65)(H3,42,44,45,46,47,56). The van der Waals surface area contributed by atoms with Gasteiger partial charge in [0.05, 0.1) is 49.7 Å². The molecule has 27 heteroatoms. The zero-order valence-electron chi connectivity index (χ0n) is 33.8. The van der Waals surface area contributed by atoms with Gasteiger partial charge in [0.2, 0.25) is 11.9 Å². The molecule has 0 unspecified atom stereocenters. The minimum absolute atomic E-state index is 0.0542. The largest absolute Gasteiger partial charge is 0.479 e. The number of aromatic hydroxyl groups is 1. The Morgan fingerprint density at radius 1 is 0.588 bits per heavy atom. The smallest absolute Gasteiger partial charge is 0.335 e. The molecule has 0 atom stereocenters. The van der Waals surface area contributed by atoms with E-state index in [1.54, 1.807) is 0 Å². The van der Waals surface area contributed by atoms with E-state index in [4.69, 9.17) is 0 Å². The number of hydrogen-bond acceptors (Lipinski definition) is 18. The van der Waals surface area contributed by atoms with E-state index >= 15 is 0 Å². The third-order valence-electron chi connectivity index (χ3n) is 10.3.